The summed E-state index contributed by atoms with van der Waals surface area (Å²) in [6, 6.07) is 8.32. The summed E-state index contributed by atoms with van der Waals surface area (Å²) < 4.78 is 13.6. The van der Waals surface area contributed by atoms with Crippen molar-refractivity contribution >= 4 is 17.7 Å². The number of aromatic nitrogens is 2. The van der Waals surface area contributed by atoms with Gasteiger partial charge in [0, 0.05) is 37.9 Å². The first-order valence-electron chi connectivity index (χ1n) is 9.46. The van der Waals surface area contributed by atoms with Crippen molar-refractivity contribution in [1.29, 1.82) is 0 Å². The van der Waals surface area contributed by atoms with E-state index in [2.05, 4.69) is 25.5 Å². The second-order valence-electron chi connectivity index (χ2n) is 6.78. The highest BCUT2D eigenvalue weighted by Gasteiger charge is 2.14. The Labute approximate surface area is 159 Å². The lowest BCUT2D eigenvalue weighted by Crippen LogP contribution is -2.31. The van der Waals surface area contributed by atoms with Gasteiger partial charge in [-0.3, -0.25) is 4.79 Å². The van der Waals surface area contributed by atoms with Gasteiger partial charge in [-0.2, -0.15) is 4.98 Å². The van der Waals surface area contributed by atoms with E-state index in [0.29, 0.717) is 24.6 Å². The molecule has 2 aromatic rings. The molecule has 1 aromatic carbocycles. The molecule has 144 valence electrons. The van der Waals surface area contributed by atoms with E-state index < -0.39 is 0 Å². The number of rotatable bonds is 7. The Kier molecular flexibility index (Phi) is 6.57. The van der Waals surface area contributed by atoms with E-state index in [0.717, 1.165) is 24.6 Å². The Hall–Kier alpha value is -2.70. The van der Waals surface area contributed by atoms with Crippen LogP contribution in [0.3, 0.4) is 0 Å². The van der Waals surface area contributed by atoms with E-state index in [1.54, 1.807) is 18.2 Å². The van der Waals surface area contributed by atoms with Gasteiger partial charge in [-0.15, -0.1) is 0 Å². The van der Waals surface area contributed by atoms with Gasteiger partial charge >= 0.3 is 0 Å². The minimum absolute atomic E-state index is 0.0345. The summed E-state index contributed by atoms with van der Waals surface area (Å²) in [4.78, 5) is 23.2. The molecular formula is C20H26FN5O. The van der Waals surface area contributed by atoms with Crippen LogP contribution in [0.4, 0.5) is 16.2 Å². The van der Waals surface area contributed by atoms with Crippen molar-refractivity contribution in [3.05, 3.63) is 47.4 Å². The number of nitrogens with zero attached hydrogens (tertiary/aromatic N) is 3. The fourth-order valence-corrected chi connectivity index (χ4v) is 3.17. The molecule has 0 atom stereocenters. The van der Waals surface area contributed by atoms with Crippen LogP contribution in [0.1, 0.15) is 30.5 Å². The van der Waals surface area contributed by atoms with E-state index >= 15 is 0 Å². The van der Waals surface area contributed by atoms with Crippen molar-refractivity contribution in [2.75, 3.05) is 36.4 Å². The minimum atomic E-state index is -0.357. The van der Waals surface area contributed by atoms with Gasteiger partial charge in [-0.05, 0) is 37.8 Å². The molecule has 0 radical (unpaired) electrons. The number of piperidine rings is 1. The van der Waals surface area contributed by atoms with Gasteiger partial charge in [0.1, 0.15) is 11.6 Å². The van der Waals surface area contributed by atoms with Crippen LogP contribution in [0.25, 0.3) is 0 Å². The predicted octanol–water partition coefficient (Wildman–Crippen LogP) is 2.69. The van der Waals surface area contributed by atoms with Gasteiger partial charge in [0.05, 0.1) is 6.42 Å². The summed E-state index contributed by atoms with van der Waals surface area (Å²) in [5, 5.41) is 5.95. The van der Waals surface area contributed by atoms with Crippen LogP contribution in [-0.2, 0) is 11.2 Å². The maximum Gasteiger partial charge on any atom is 0.224 e. The summed E-state index contributed by atoms with van der Waals surface area (Å²) in [6.45, 7) is 4.94. The Balaban J connectivity index is 1.46. The first-order chi connectivity index (χ1) is 13.1. The molecule has 6 nitrogen and oxygen atoms in total. The molecule has 1 aromatic heterocycles. The number of aryl methyl sites for hydroxylation is 1. The Morgan fingerprint density at radius 1 is 1.15 bits per heavy atom. The highest BCUT2D eigenvalue weighted by molar-refractivity contribution is 5.78. The summed E-state index contributed by atoms with van der Waals surface area (Å²) in [5.74, 6) is 0.956. The van der Waals surface area contributed by atoms with Crippen molar-refractivity contribution < 1.29 is 9.18 Å². The van der Waals surface area contributed by atoms with Crippen molar-refractivity contribution in [2.24, 2.45) is 0 Å². The van der Waals surface area contributed by atoms with Gasteiger partial charge in [0.15, 0.2) is 0 Å². The molecule has 0 spiro atoms. The van der Waals surface area contributed by atoms with E-state index in [1.165, 1.54) is 25.3 Å². The first kappa shape index (κ1) is 19.1. The molecule has 0 unspecified atom stereocenters. The SMILES string of the molecule is Cc1cc(N2CCCCC2)nc(NCCNC(=O)Cc2ccccc2F)n1. The van der Waals surface area contributed by atoms with E-state index in [1.807, 2.05) is 13.0 Å². The number of benzene rings is 1. The zero-order valence-electron chi connectivity index (χ0n) is 15.7. The topological polar surface area (TPSA) is 70.2 Å². The normalized spacial score (nSPS) is 14.1. The third-order valence-electron chi connectivity index (χ3n) is 4.56. The lowest BCUT2D eigenvalue weighted by atomic mass is 10.1. The lowest BCUT2D eigenvalue weighted by Gasteiger charge is -2.28. The molecule has 0 saturated carbocycles. The fourth-order valence-electron chi connectivity index (χ4n) is 3.17. The molecule has 27 heavy (non-hydrogen) atoms. The number of halogens is 1. The third kappa shape index (κ3) is 5.64. The molecule has 2 N–H and O–H groups in total. The summed E-state index contributed by atoms with van der Waals surface area (Å²) in [7, 11) is 0. The highest BCUT2D eigenvalue weighted by atomic mass is 19.1. The van der Waals surface area contributed by atoms with Crippen LogP contribution in [0, 0.1) is 12.7 Å². The van der Waals surface area contributed by atoms with Crippen LogP contribution < -0.4 is 15.5 Å². The first-order valence-corrected chi connectivity index (χ1v) is 9.46. The molecule has 1 saturated heterocycles. The Bertz CT molecular complexity index is 777. The second kappa shape index (κ2) is 9.30. The third-order valence-corrected chi connectivity index (χ3v) is 4.56. The predicted molar refractivity (Wildman–Crippen MR) is 104 cm³/mol. The van der Waals surface area contributed by atoms with Crippen molar-refractivity contribution in [2.45, 2.75) is 32.6 Å². The zero-order chi connectivity index (χ0) is 19.1. The summed E-state index contributed by atoms with van der Waals surface area (Å²) in [5.41, 5.74) is 1.31. The van der Waals surface area contributed by atoms with E-state index in [9.17, 15) is 9.18 Å². The molecule has 1 aliphatic rings. The summed E-state index contributed by atoms with van der Waals surface area (Å²) in [6.07, 6.45) is 3.70. The molecular weight excluding hydrogens is 345 g/mol. The molecule has 7 heteroatoms. The maximum absolute atomic E-state index is 13.6. The Morgan fingerprint density at radius 2 is 1.93 bits per heavy atom. The second-order valence-corrected chi connectivity index (χ2v) is 6.78. The standard InChI is InChI=1S/C20H26FN5O/c1-15-13-18(26-11-5-2-6-12-26)25-20(24-15)23-10-9-22-19(27)14-16-7-3-4-8-17(16)21/h3-4,7-8,13H,2,5-6,9-12,14H2,1H3,(H,22,27)(H,23,24,25). The number of hydrogen-bond acceptors (Lipinski definition) is 5. The molecule has 3 rings (SSSR count). The quantitative estimate of drug-likeness (QED) is 0.733. The number of hydrogen-bond donors (Lipinski definition) is 2. The Morgan fingerprint density at radius 3 is 2.70 bits per heavy atom. The maximum atomic E-state index is 13.6. The van der Waals surface area contributed by atoms with Crippen LogP contribution in [0.15, 0.2) is 30.3 Å². The van der Waals surface area contributed by atoms with E-state index in [4.69, 9.17) is 0 Å². The molecule has 0 aliphatic carbocycles. The average Bonchev–Trinajstić information content (AvgIpc) is 2.67. The highest BCUT2D eigenvalue weighted by Crippen LogP contribution is 2.19. The number of anilines is 2. The van der Waals surface area contributed by atoms with Gasteiger partial charge < -0.3 is 15.5 Å². The van der Waals surface area contributed by atoms with Crippen LogP contribution in [0.5, 0.6) is 0 Å². The van der Waals surface area contributed by atoms with E-state index in [-0.39, 0.29) is 18.1 Å². The van der Waals surface area contributed by atoms with Gasteiger partial charge in [-0.25, -0.2) is 9.37 Å². The average molecular weight is 371 g/mol. The van der Waals surface area contributed by atoms with Crippen molar-refractivity contribution in [3.63, 3.8) is 0 Å². The van der Waals surface area contributed by atoms with Crippen LogP contribution in [-0.4, -0.2) is 42.1 Å². The minimum Gasteiger partial charge on any atom is -0.356 e. The number of carbonyl (C=O) groups excluding carboxylic acids is 1. The van der Waals surface area contributed by atoms with Crippen molar-refractivity contribution in [1.82, 2.24) is 15.3 Å². The summed E-state index contributed by atoms with van der Waals surface area (Å²) >= 11 is 0. The van der Waals surface area contributed by atoms with Crippen LogP contribution >= 0.6 is 0 Å². The molecule has 1 fully saturated rings. The zero-order valence-corrected chi connectivity index (χ0v) is 15.7. The van der Waals surface area contributed by atoms with Gasteiger partial charge in [-0.1, -0.05) is 18.2 Å². The number of nitrogens with one attached hydrogen (secondary N) is 2. The van der Waals surface area contributed by atoms with Gasteiger partial charge in [0.2, 0.25) is 11.9 Å². The number of amides is 1. The van der Waals surface area contributed by atoms with Crippen molar-refractivity contribution in [3.8, 4) is 0 Å². The van der Waals surface area contributed by atoms with Crippen LogP contribution in [0.2, 0.25) is 0 Å². The van der Waals surface area contributed by atoms with Gasteiger partial charge in [0.25, 0.3) is 0 Å². The molecule has 1 aliphatic heterocycles. The lowest BCUT2D eigenvalue weighted by molar-refractivity contribution is -0.120. The smallest absolute Gasteiger partial charge is 0.224 e. The molecule has 1 amide bonds. The molecule has 0 bridgehead atoms. The monoisotopic (exact) mass is 371 g/mol. The number of carbonyl (C=O) groups is 1. The largest absolute Gasteiger partial charge is 0.356 e. The molecule has 2 heterocycles. The fraction of sp³-hybridized carbons (Fsp3) is 0.450.